The number of ether oxygens (including phenoxy) is 6. The lowest BCUT2D eigenvalue weighted by Crippen LogP contribution is -2.44. The van der Waals surface area contributed by atoms with Gasteiger partial charge in [0.2, 0.25) is 13.6 Å². The van der Waals surface area contributed by atoms with Gasteiger partial charge in [-0.1, -0.05) is 27.7 Å². The zero-order chi connectivity index (χ0) is 27.6. The fourth-order valence-electron chi connectivity index (χ4n) is 2.69. The highest BCUT2D eigenvalue weighted by atomic mass is 32.2. The molecule has 0 aromatic rings. The maximum absolute atomic E-state index is 12.6. The second kappa shape index (κ2) is 18.6. The molecule has 0 aromatic heterocycles. The molecule has 1 heterocycles. The Morgan fingerprint density at radius 2 is 1.41 bits per heavy atom. The number of nitrogens with zero attached hydrogens (tertiary/aromatic N) is 1. The largest absolute Gasteiger partial charge is 0.464 e. The van der Waals surface area contributed by atoms with E-state index < -0.39 is 54.8 Å². The summed E-state index contributed by atoms with van der Waals surface area (Å²) in [6.45, 7) is 9.42. The topological polar surface area (TPSA) is 156 Å². The molecule has 1 fully saturated rings. The summed E-state index contributed by atoms with van der Waals surface area (Å²) in [7, 11) is 0. The molecule has 37 heavy (non-hydrogen) atoms. The van der Waals surface area contributed by atoms with Crippen molar-refractivity contribution in [1.29, 1.82) is 0 Å². The van der Waals surface area contributed by atoms with Crippen molar-refractivity contribution in [3.05, 3.63) is 0 Å². The minimum atomic E-state index is -1.25. The molecule has 0 radical (unpaired) electrons. The number of morpholine rings is 1. The first-order valence-corrected chi connectivity index (χ1v) is 13.1. The van der Waals surface area contributed by atoms with Crippen LogP contribution in [0.15, 0.2) is 0 Å². The molecular formula is C23H38N2O11S. The van der Waals surface area contributed by atoms with Crippen molar-refractivity contribution in [1.82, 2.24) is 10.2 Å². The molecular weight excluding hydrogens is 512 g/mol. The lowest BCUT2D eigenvalue weighted by atomic mass is 10.2. The van der Waals surface area contributed by atoms with E-state index in [2.05, 4.69) is 10.2 Å². The number of esters is 3. The molecule has 1 aliphatic heterocycles. The van der Waals surface area contributed by atoms with E-state index in [0.717, 1.165) is 26.1 Å². The third-order valence-corrected chi connectivity index (χ3v) is 5.73. The van der Waals surface area contributed by atoms with Crippen LogP contribution in [-0.4, -0.2) is 99.0 Å². The van der Waals surface area contributed by atoms with Crippen molar-refractivity contribution in [3.63, 3.8) is 0 Å². The van der Waals surface area contributed by atoms with Gasteiger partial charge in [-0.2, -0.15) is 0 Å². The lowest BCUT2D eigenvalue weighted by molar-refractivity contribution is -0.156. The summed E-state index contributed by atoms with van der Waals surface area (Å²) in [4.78, 5) is 61.8. The van der Waals surface area contributed by atoms with Gasteiger partial charge in [0, 0.05) is 18.8 Å². The van der Waals surface area contributed by atoms with E-state index >= 15 is 0 Å². The number of carbonyl (C=O) groups excluding carboxylic acids is 5. The van der Waals surface area contributed by atoms with Crippen molar-refractivity contribution in [2.45, 2.75) is 46.6 Å². The van der Waals surface area contributed by atoms with Crippen LogP contribution in [0.2, 0.25) is 0 Å². The van der Waals surface area contributed by atoms with Gasteiger partial charge in [-0.05, 0) is 31.1 Å². The molecule has 0 aliphatic carbocycles. The molecule has 0 saturated carbocycles. The second-order valence-electron chi connectivity index (χ2n) is 8.63. The lowest BCUT2D eigenvalue weighted by Gasteiger charge is -2.26. The average Bonchev–Trinajstić information content (AvgIpc) is 2.86. The molecule has 1 N–H and O–H groups in total. The van der Waals surface area contributed by atoms with Gasteiger partial charge in [-0.15, -0.1) is 0 Å². The third kappa shape index (κ3) is 15.3. The molecule has 1 aliphatic rings. The van der Waals surface area contributed by atoms with Gasteiger partial charge < -0.3 is 33.7 Å². The molecule has 0 spiro atoms. The number of alkyl carbamates (subject to hydrolysis) is 1. The Hall–Kier alpha value is -2.58. The number of hydrogen-bond acceptors (Lipinski definition) is 13. The van der Waals surface area contributed by atoms with Crippen LogP contribution < -0.4 is 5.32 Å². The van der Waals surface area contributed by atoms with Gasteiger partial charge in [0.1, 0.15) is 6.04 Å². The SMILES string of the molecule is CC(C)C(=O)OCOC(=O)N[C@@H](CSC(=O)OCOC(=O)C(C)C)C(=O)OCCCCN1CCOCC1. The zero-order valence-corrected chi connectivity index (χ0v) is 22.7. The summed E-state index contributed by atoms with van der Waals surface area (Å²) < 4.78 is 29.7. The summed E-state index contributed by atoms with van der Waals surface area (Å²) in [5, 5.41) is 1.48. The Kier molecular flexibility index (Phi) is 16.3. The van der Waals surface area contributed by atoms with E-state index in [4.69, 9.17) is 28.4 Å². The molecule has 1 atom stereocenters. The molecule has 0 bridgehead atoms. The number of nitrogens with one attached hydrogen (secondary N) is 1. The van der Waals surface area contributed by atoms with Gasteiger partial charge in [-0.3, -0.25) is 14.5 Å². The smallest absolute Gasteiger partial charge is 0.410 e. The highest BCUT2D eigenvalue weighted by molar-refractivity contribution is 8.13. The highest BCUT2D eigenvalue weighted by Gasteiger charge is 2.25. The van der Waals surface area contributed by atoms with Crippen LogP contribution in [0.25, 0.3) is 0 Å². The Balaban J connectivity index is 2.48. The van der Waals surface area contributed by atoms with Crippen LogP contribution in [0.3, 0.4) is 0 Å². The van der Waals surface area contributed by atoms with Crippen LogP contribution >= 0.6 is 11.8 Å². The molecule has 14 heteroatoms. The van der Waals surface area contributed by atoms with Crippen molar-refractivity contribution < 1.29 is 52.4 Å². The molecule has 0 aromatic carbocycles. The van der Waals surface area contributed by atoms with E-state index in [9.17, 15) is 24.0 Å². The van der Waals surface area contributed by atoms with E-state index in [1.54, 1.807) is 27.7 Å². The van der Waals surface area contributed by atoms with Crippen LogP contribution in [0, 0.1) is 11.8 Å². The maximum atomic E-state index is 12.6. The number of carbonyl (C=O) groups is 5. The minimum absolute atomic E-state index is 0.128. The molecule has 13 nitrogen and oxygen atoms in total. The summed E-state index contributed by atoms with van der Waals surface area (Å²) in [5.74, 6) is -2.87. The number of amides is 1. The van der Waals surface area contributed by atoms with Crippen LogP contribution in [0.5, 0.6) is 0 Å². The molecule has 212 valence electrons. The standard InChI is InChI=1S/C23H38N2O11S/c1-16(2)19(26)33-14-35-22(29)24-18(13-37-23(30)36-15-34-20(27)17(3)4)21(28)32-10-6-5-7-25-8-11-31-12-9-25/h16-18H,5-15H2,1-4H3,(H,24,29)/t18-/m0/s1. The summed E-state index contributed by atoms with van der Waals surface area (Å²) in [6.07, 6.45) is 0.387. The summed E-state index contributed by atoms with van der Waals surface area (Å²) >= 11 is 0.583. The first-order chi connectivity index (χ1) is 17.6. The highest BCUT2D eigenvalue weighted by Crippen LogP contribution is 2.10. The molecule has 0 unspecified atom stereocenters. The monoisotopic (exact) mass is 550 g/mol. The predicted molar refractivity (Wildman–Crippen MR) is 131 cm³/mol. The summed E-state index contributed by atoms with van der Waals surface area (Å²) in [5.41, 5.74) is 0. The van der Waals surface area contributed by atoms with E-state index in [1.807, 2.05) is 0 Å². The first-order valence-electron chi connectivity index (χ1n) is 12.1. The average molecular weight is 551 g/mol. The van der Waals surface area contributed by atoms with Gasteiger partial charge in [0.15, 0.2) is 0 Å². The third-order valence-electron chi connectivity index (χ3n) is 4.87. The van der Waals surface area contributed by atoms with E-state index in [1.165, 1.54) is 0 Å². The molecule has 1 amide bonds. The van der Waals surface area contributed by atoms with Crippen LogP contribution in [0.4, 0.5) is 9.59 Å². The van der Waals surface area contributed by atoms with Gasteiger partial charge >= 0.3 is 29.3 Å². The first kappa shape index (κ1) is 32.4. The molecule has 1 rings (SSSR count). The maximum Gasteiger partial charge on any atom is 0.410 e. The second-order valence-corrected chi connectivity index (χ2v) is 9.59. The minimum Gasteiger partial charge on any atom is -0.464 e. The van der Waals surface area contributed by atoms with Gasteiger partial charge in [0.05, 0.1) is 31.7 Å². The Morgan fingerprint density at radius 3 is 2.00 bits per heavy atom. The number of unbranched alkanes of at least 4 members (excludes halogenated alkanes) is 1. The number of thioether (sulfide) groups is 1. The Labute approximate surface area is 221 Å². The van der Waals surface area contributed by atoms with Gasteiger partial charge in [-0.25, -0.2) is 14.4 Å². The van der Waals surface area contributed by atoms with Crippen molar-refractivity contribution >= 4 is 41.1 Å². The van der Waals surface area contributed by atoms with Crippen molar-refractivity contribution in [3.8, 4) is 0 Å². The van der Waals surface area contributed by atoms with Crippen LogP contribution in [-0.2, 0) is 42.8 Å². The predicted octanol–water partition coefficient (Wildman–Crippen LogP) is 1.92. The zero-order valence-electron chi connectivity index (χ0n) is 21.9. The quantitative estimate of drug-likeness (QED) is 0.137. The fraction of sp³-hybridized carbons (Fsp3) is 0.783. The fourth-order valence-corrected chi connectivity index (χ4v) is 3.34. The van der Waals surface area contributed by atoms with Crippen molar-refractivity contribution in [2.24, 2.45) is 11.8 Å². The van der Waals surface area contributed by atoms with E-state index in [-0.39, 0.29) is 18.3 Å². The number of rotatable bonds is 15. The Morgan fingerprint density at radius 1 is 0.811 bits per heavy atom. The van der Waals surface area contributed by atoms with Crippen molar-refractivity contribution in [2.75, 3.05) is 58.8 Å². The Bertz CT molecular complexity index is 742. The normalized spacial score (nSPS) is 14.5. The van der Waals surface area contributed by atoms with E-state index in [0.29, 0.717) is 31.4 Å². The molecule has 1 saturated heterocycles. The van der Waals surface area contributed by atoms with Gasteiger partial charge in [0.25, 0.3) is 0 Å². The summed E-state index contributed by atoms with van der Waals surface area (Å²) in [6, 6.07) is -1.25. The number of hydrogen-bond donors (Lipinski definition) is 1. The van der Waals surface area contributed by atoms with Crippen LogP contribution in [0.1, 0.15) is 40.5 Å².